The van der Waals surface area contributed by atoms with Crippen LogP contribution in [0.2, 0.25) is 0 Å². The molecule has 0 aliphatic carbocycles. The molecule has 1 amide bonds. The van der Waals surface area contributed by atoms with E-state index in [2.05, 4.69) is 11.4 Å². The SMILES string of the molecule is CC(NCC1=CCN(C(=O)OC(C)(C)C)CC1)C(C)(C)O. The van der Waals surface area contributed by atoms with Gasteiger partial charge >= 0.3 is 6.09 Å². The van der Waals surface area contributed by atoms with Gasteiger partial charge in [-0.2, -0.15) is 0 Å². The Balaban J connectivity index is 2.42. The maximum atomic E-state index is 11.9. The molecule has 1 unspecified atom stereocenters. The average Bonchev–Trinajstić information content (AvgIpc) is 2.33. The number of carbonyl (C=O) groups excluding carboxylic acids is 1. The molecule has 1 aliphatic rings. The summed E-state index contributed by atoms with van der Waals surface area (Å²) in [5.74, 6) is 0. The van der Waals surface area contributed by atoms with Crippen molar-refractivity contribution in [3.8, 4) is 0 Å². The van der Waals surface area contributed by atoms with Crippen molar-refractivity contribution in [2.75, 3.05) is 19.6 Å². The summed E-state index contributed by atoms with van der Waals surface area (Å²) in [5.41, 5.74) is 0.0774. The first-order chi connectivity index (χ1) is 9.49. The Bertz CT molecular complexity index is 391. The van der Waals surface area contributed by atoms with Crippen molar-refractivity contribution in [2.24, 2.45) is 0 Å². The van der Waals surface area contributed by atoms with Gasteiger partial charge < -0.3 is 20.1 Å². The largest absolute Gasteiger partial charge is 0.444 e. The second kappa shape index (κ2) is 6.79. The van der Waals surface area contributed by atoms with Gasteiger partial charge in [-0.05, 0) is 48.0 Å². The molecular formula is C16H30N2O3. The lowest BCUT2D eigenvalue weighted by Gasteiger charge is -2.31. The molecule has 1 atom stereocenters. The lowest BCUT2D eigenvalue weighted by Crippen LogP contribution is -2.46. The van der Waals surface area contributed by atoms with Crippen LogP contribution in [0.5, 0.6) is 0 Å². The Kier molecular flexibility index (Phi) is 5.82. The zero-order valence-electron chi connectivity index (χ0n) is 14.2. The van der Waals surface area contributed by atoms with Crippen molar-refractivity contribution in [2.45, 2.75) is 65.2 Å². The molecule has 0 bridgehead atoms. The second-order valence-corrected chi connectivity index (χ2v) is 7.29. The van der Waals surface area contributed by atoms with Crippen molar-refractivity contribution < 1.29 is 14.6 Å². The molecule has 21 heavy (non-hydrogen) atoms. The fraction of sp³-hybridized carbons (Fsp3) is 0.812. The summed E-state index contributed by atoms with van der Waals surface area (Å²) < 4.78 is 5.36. The number of aliphatic hydroxyl groups is 1. The van der Waals surface area contributed by atoms with Gasteiger partial charge in [0.25, 0.3) is 0 Å². The predicted octanol–water partition coefficient (Wildman–Crippen LogP) is 2.30. The van der Waals surface area contributed by atoms with E-state index in [0.29, 0.717) is 13.1 Å². The van der Waals surface area contributed by atoms with E-state index >= 15 is 0 Å². The molecule has 0 aromatic heterocycles. The maximum Gasteiger partial charge on any atom is 0.410 e. The standard InChI is InChI=1S/C16H30N2O3/c1-12(16(5,6)20)17-11-13-7-9-18(10-8-13)14(19)21-15(2,3)4/h7,12,17,20H,8-11H2,1-6H3. The molecular weight excluding hydrogens is 268 g/mol. The quantitative estimate of drug-likeness (QED) is 0.782. The van der Waals surface area contributed by atoms with Crippen LogP contribution >= 0.6 is 0 Å². The molecule has 1 aliphatic heterocycles. The third-order valence-electron chi connectivity index (χ3n) is 3.65. The fourth-order valence-corrected chi connectivity index (χ4v) is 1.90. The third-order valence-corrected chi connectivity index (χ3v) is 3.65. The Hall–Kier alpha value is -1.07. The van der Waals surface area contributed by atoms with E-state index in [4.69, 9.17) is 4.74 Å². The van der Waals surface area contributed by atoms with Crippen LogP contribution in [-0.4, -0.2) is 53.0 Å². The van der Waals surface area contributed by atoms with Crippen molar-refractivity contribution in [1.29, 1.82) is 0 Å². The van der Waals surface area contributed by atoms with E-state index in [0.717, 1.165) is 13.0 Å². The summed E-state index contributed by atoms with van der Waals surface area (Å²) in [4.78, 5) is 13.7. The van der Waals surface area contributed by atoms with Crippen LogP contribution in [0.1, 0.15) is 48.0 Å². The first kappa shape index (κ1) is 18.0. The van der Waals surface area contributed by atoms with Gasteiger partial charge in [-0.15, -0.1) is 0 Å². The number of ether oxygens (including phenoxy) is 1. The van der Waals surface area contributed by atoms with Crippen LogP contribution < -0.4 is 5.32 Å². The van der Waals surface area contributed by atoms with Gasteiger partial charge in [0.2, 0.25) is 0 Å². The van der Waals surface area contributed by atoms with Crippen molar-refractivity contribution in [1.82, 2.24) is 10.2 Å². The molecule has 5 nitrogen and oxygen atoms in total. The number of amides is 1. The Morgan fingerprint density at radius 3 is 2.48 bits per heavy atom. The topological polar surface area (TPSA) is 61.8 Å². The molecule has 1 rings (SSSR count). The summed E-state index contributed by atoms with van der Waals surface area (Å²) in [6, 6.07) is 0.0160. The average molecular weight is 298 g/mol. The predicted molar refractivity (Wildman–Crippen MR) is 84.3 cm³/mol. The van der Waals surface area contributed by atoms with Crippen molar-refractivity contribution >= 4 is 6.09 Å². The van der Waals surface area contributed by atoms with Crippen LogP contribution in [0.15, 0.2) is 11.6 Å². The van der Waals surface area contributed by atoms with Crippen LogP contribution in [0.4, 0.5) is 4.79 Å². The van der Waals surface area contributed by atoms with Crippen LogP contribution in [0.3, 0.4) is 0 Å². The third kappa shape index (κ3) is 6.48. The minimum Gasteiger partial charge on any atom is -0.444 e. The molecule has 0 aromatic carbocycles. The molecule has 2 N–H and O–H groups in total. The second-order valence-electron chi connectivity index (χ2n) is 7.29. The lowest BCUT2D eigenvalue weighted by atomic mass is 10.00. The van der Waals surface area contributed by atoms with E-state index in [1.807, 2.05) is 27.7 Å². The molecule has 0 saturated heterocycles. The fourth-order valence-electron chi connectivity index (χ4n) is 1.90. The molecule has 0 aromatic rings. The minimum absolute atomic E-state index is 0.0160. The zero-order valence-corrected chi connectivity index (χ0v) is 14.2. The highest BCUT2D eigenvalue weighted by atomic mass is 16.6. The highest BCUT2D eigenvalue weighted by molar-refractivity contribution is 5.68. The van der Waals surface area contributed by atoms with Crippen molar-refractivity contribution in [3.63, 3.8) is 0 Å². The summed E-state index contributed by atoms with van der Waals surface area (Å²) in [6.45, 7) is 13.2. The van der Waals surface area contributed by atoms with E-state index in [-0.39, 0.29) is 12.1 Å². The number of hydrogen-bond donors (Lipinski definition) is 2. The van der Waals surface area contributed by atoms with E-state index < -0.39 is 11.2 Å². The molecule has 0 saturated carbocycles. The zero-order chi connectivity index (χ0) is 16.3. The van der Waals surface area contributed by atoms with Crippen LogP contribution in [-0.2, 0) is 4.74 Å². The van der Waals surface area contributed by atoms with Gasteiger partial charge in [0.15, 0.2) is 0 Å². The van der Waals surface area contributed by atoms with Gasteiger partial charge in [-0.25, -0.2) is 4.79 Å². The minimum atomic E-state index is -0.738. The van der Waals surface area contributed by atoms with Gasteiger partial charge in [0, 0.05) is 25.7 Å². The van der Waals surface area contributed by atoms with Gasteiger partial charge in [0.05, 0.1) is 5.60 Å². The van der Waals surface area contributed by atoms with E-state index in [1.54, 1.807) is 18.7 Å². The monoisotopic (exact) mass is 298 g/mol. The Labute approximate surface area is 128 Å². The van der Waals surface area contributed by atoms with Gasteiger partial charge in [-0.1, -0.05) is 11.6 Å². The first-order valence-electron chi connectivity index (χ1n) is 7.60. The van der Waals surface area contributed by atoms with Gasteiger partial charge in [-0.3, -0.25) is 0 Å². The summed E-state index contributed by atoms with van der Waals surface area (Å²) >= 11 is 0. The summed E-state index contributed by atoms with van der Waals surface area (Å²) in [7, 11) is 0. The van der Waals surface area contributed by atoms with E-state index in [9.17, 15) is 9.90 Å². The highest BCUT2D eigenvalue weighted by Gasteiger charge is 2.25. The molecule has 5 heteroatoms. The van der Waals surface area contributed by atoms with Crippen LogP contribution in [0.25, 0.3) is 0 Å². The molecule has 122 valence electrons. The van der Waals surface area contributed by atoms with Crippen LogP contribution in [0, 0.1) is 0 Å². The summed E-state index contributed by atoms with van der Waals surface area (Å²) in [5, 5.41) is 13.2. The number of rotatable bonds is 4. The smallest absolute Gasteiger partial charge is 0.410 e. The molecule has 0 fully saturated rings. The normalized spacial score (nSPS) is 18.2. The Morgan fingerprint density at radius 2 is 2.05 bits per heavy atom. The number of hydrogen-bond acceptors (Lipinski definition) is 4. The Morgan fingerprint density at radius 1 is 1.43 bits per heavy atom. The highest BCUT2D eigenvalue weighted by Crippen LogP contribution is 2.15. The first-order valence-corrected chi connectivity index (χ1v) is 7.60. The maximum absolute atomic E-state index is 11.9. The van der Waals surface area contributed by atoms with Crippen molar-refractivity contribution in [3.05, 3.63) is 11.6 Å². The van der Waals surface area contributed by atoms with Gasteiger partial charge in [0.1, 0.15) is 5.60 Å². The lowest BCUT2D eigenvalue weighted by molar-refractivity contribution is 0.0265. The van der Waals surface area contributed by atoms with E-state index in [1.165, 1.54) is 5.57 Å². The number of carbonyl (C=O) groups is 1. The number of nitrogens with one attached hydrogen (secondary N) is 1. The molecule has 0 radical (unpaired) electrons. The number of nitrogens with zero attached hydrogens (tertiary/aromatic N) is 1. The molecule has 0 spiro atoms. The summed E-state index contributed by atoms with van der Waals surface area (Å²) in [6.07, 6.45) is 2.65. The molecule has 1 heterocycles.